The molecule has 0 saturated carbocycles. The molecule has 0 aliphatic carbocycles. The number of hydrogen-bond acceptors (Lipinski definition) is 3. The number of ether oxygens (including phenoxy) is 1. The van der Waals surface area contributed by atoms with E-state index < -0.39 is 0 Å². The molecule has 120 valence electrons. The van der Waals surface area contributed by atoms with Gasteiger partial charge >= 0.3 is 0 Å². The van der Waals surface area contributed by atoms with Gasteiger partial charge in [-0.25, -0.2) is 0 Å². The SMILES string of the molecule is CC1(c2ccc(OCC=Cc3ccccc3)cc2)SCCCS1. The van der Waals surface area contributed by atoms with Gasteiger partial charge in [0.05, 0.1) is 4.08 Å². The van der Waals surface area contributed by atoms with Crippen LogP contribution in [0.1, 0.15) is 24.5 Å². The molecular weight excluding hydrogens is 320 g/mol. The van der Waals surface area contributed by atoms with E-state index in [1.807, 2.05) is 18.2 Å². The van der Waals surface area contributed by atoms with Gasteiger partial charge in [-0.3, -0.25) is 0 Å². The standard InChI is InChI=1S/C20H22OS2/c1-20(22-15-6-16-23-20)18-10-12-19(13-11-18)21-14-5-9-17-7-3-2-4-8-17/h2-5,7-13H,6,14-16H2,1H3. The van der Waals surface area contributed by atoms with Gasteiger partial charge in [-0.15, -0.1) is 23.5 Å². The number of benzene rings is 2. The smallest absolute Gasteiger partial charge is 0.119 e. The lowest BCUT2D eigenvalue weighted by molar-refractivity contribution is 0.363. The molecule has 3 rings (SSSR count). The van der Waals surface area contributed by atoms with Crippen LogP contribution in [-0.2, 0) is 4.08 Å². The Morgan fingerprint density at radius 1 is 1.00 bits per heavy atom. The predicted octanol–water partition coefficient (Wildman–Crippen LogP) is 5.82. The van der Waals surface area contributed by atoms with Crippen LogP contribution in [0.2, 0.25) is 0 Å². The number of thioether (sulfide) groups is 2. The Hall–Kier alpha value is -1.32. The second kappa shape index (κ2) is 7.98. The molecule has 1 aliphatic heterocycles. The van der Waals surface area contributed by atoms with E-state index in [0.29, 0.717) is 6.61 Å². The van der Waals surface area contributed by atoms with Crippen LogP contribution in [-0.4, -0.2) is 18.1 Å². The third-order valence-corrected chi connectivity index (χ3v) is 7.14. The lowest BCUT2D eigenvalue weighted by atomic mass is 10.1. The minimum Gasteiger partial charge on any atom is -0.490 e. The Morgan fingerprint density at radius 2 is 1.70 bits per heavy atom. The molecule has 2 aromatic carbocycles. The van der Waals surface area contributed by atoms with Crippen molar-refractivity contribution in [1.82, 2.24) is 0 Å². The summed E-state index contributed by atoms with van der Waals surface area (Å²) in [4.78, 5) is 0. The highest BCUT2D eigenvalue weighted by Crippen LogP contribution is 2.49. The van der Waals surface area contributed by atoms with E-state index in [-0.39, 0.29) is 4.08 Å². The molecule has 23 heavy (non-hydrogen) atoms. The van der Waals surface area contributed by atoms with Gasteiger partial charge in [-0.05, 0) is 54.2 Å². The second-order valence-electron chi connectivity index (χ2n) is 5.64. The van der Waals surface area contributed by atoms with Crippen molar-refractivity contribution in [3.8, 4) is 5.75 Å². The van der Waals surface area contributed by atoms with Crippen LogP contribution in [0.4, 0.5) is 0 Å². The molecule has 0 unspecified atom stereocenters. The van der Waals surface area contributed by atoms with E-state index in [4.69, 9.17) is 4.74 Å². The van der Waals surface area contributed by atoms with Crippen molar-refractivity contribution in [2.75, 3.05) is 18.1 Å². The highest BCUT2D eigenvalue weighted by molar-refractivity contribution is 8.18. The van der Waals surface area contributed by atoms with Crippen LogP contribution in [0.5, 0.6) is 5.75 Å². The van der Waals surface area contributed by atoms with Crippen LogP contribution >= 0.6 is 23.5 Å². The first-order chi connectivity index (χ1) is 11.3. The zero-order valence-electron chi connectivity index (χ0n) is 13.4. The van der Waals surface area contributed by atoms with Crippen molar-refractivity contribution < 1.29 is 4.74 Å². The fourth-order valence-corrected chi connectivity index (χ4v) is 5.53. The quantitative estimate of drug-likeness (QED) is 0.677. The largest absolute Gasteiger partial charge is 0.490 e. The average Bonchev–Trinajstić information content (AvgIpc) is 2.61. The van der Waals surface area contributed by atoms with Crippen molar-refractivity contribution in [1.29, 1.82) is 0 Å². The maximum atomic E-state index is 5.80. The molecule has 0 atom stereocenters. The molecule has 2 aromatic rings. The summed E-state index contributed by atoms with van der Waals surface area (Å²) in [5.74, 6) is 3.44. The van der Waals surface area contributed by atoms with E-state index in [2.05, 4.69) is 79.0 Å². The van der Waals surface area contributed by atoms with Gasteiger partial charge in [-0.1, -0.05) is 48.5 Å². The van der Waals surface area contributed by atoms with Crippen LogP contribution in [0, 0.1) is 0 Å². The Bertz CT molecular complexity index is 628. The summed E-state index contributed by atoms with van der Waals surface area (Å²) in [6.45, 7) is 2.93. The summed E-state index contributed by atoms with van der Waals surface area (Å²) >= 11 is 4.11. The molecule has 0 amide bonds. The van der Waals surface area contributed by atoms with Gasteiger partial charge in [0.15, 0.2) is 0 Å². The molecule has 0 radical (unpaired) electrons. The van der Waals surface area contributed by atoms with E-state index in [1.165, 1.54) is 29.1 Å². The zero-order valence-corrected chi connectivity index (χ0v) is 15.0. The summed E-state index contributed by atoms with van der Waals surface area (Å²) in [5, 5.41) is 0. The minimum atomic E-state index is 0.198. The summed E-state index contributed by atoms with van der Waals surface area (Å²) in [5.41, 5.74) is 2.59. The van der Waals surface area contributed by atoms with E-state index in [9.17, 15) is 0 Å². The number of rotatable bonds is 5. The predicted molar refractivity (Wildman–Crippen MR) is 104 cm³/mol. The summed E-state index contributed by atoms with van der Waals surface area (Å²) < 4.78 is 6.00. The Morgan fingerprint density at radius 3 is 2.39 bits per heavy atom. The summed E-state index contributed by atoms with van der Waals surface area (Å²) in [6.07, 6.45) is 5.46. The summed E-state index contributed by atoms with van der Waals surface area (Å²) in [7, 11) is 0. The van der Waals surface area contributed by atoms with Crippen LogP contribution < -0.4 is 4.74 Å². The van der Waals surface area contributed by atoms with Gasteiger partial charge in [0.2, 0.25) is 0 Å². The molecule has 1 heterocycles. The van der Waals surface area contributed by atoms with Gasteiger partial charge in [0.25, 0.3) is 0 Å². The lowest BCUT2D eigenvalue weighted by Gasteiger charge is -2.32. The Labute approximate surface area is 147 Å². The van der Waals surface area contributed by atoms with Crippen molar-refractivity contribution in [2.45, 2.75) is 17.4 Å². The van der Waals surface area contributed by atoms with E-state index in [0.717, 1.165) is 5.75 Å². The Kier molecular flexibility index (Phi) is 5.74. The molecule has 1 aliphatic rings. The maximum Gasteiger partial charge on any atom is 0.119 e. The molecule has 0 aromatic heterocycles. The molecule has 0 spiro atoms. The fraction of sp³-hybridized carbons (Fsp3) is 0.300. The first-order valence-electron chi connectivity index (χ1n) is 7.99. The van der Waals surface area contributed by atoms with E-state index in [1.54, 1.807) is 0 Å². The van der Waals surface area contributed by atoms with Crippen molar-refractivity contribution in [2.24, 2.45) is 0 Å². The molecule has 0 N–H and O–H groups in total. The van der Waals surface area contributed by atoms with Gasteiger partial charge in [0, 0.05) is 0 Å². The van der Waals surface area contributed by atoms with Crippen LogP contribution in [0.25, 0.3) is 6.08 Å². The summed E-state index contributed by atoms with van der Waals surface area (Å²) in [6, 6.07) is 18.9. The van der Waals surface area contributed by atoms with Gasteiger partial charge in [0.1, 0.15) is 12.4 Å². The van der Waals surface area contributed by atoms with Crippen LogP contribution in [0.15, 0.2) is 60.7 Å². The minimum absolute atomic E-state index is 0.198. The topological polar surface area (TPSA) is 9.23 Å². The number of hydrogen-bond donors (Lipinski definition) is 0. The monoisotopic (exact) mass is 342 g/mol. The van der Waals surface area contributed by atoms with Gasteiger partial charge < -0.3 is 4.74 Å². The third-order valence-electron chi connectivity index (χ3n) is 3.88. The first-order valence-corrected chi connectivity index (χ1v) is 9.96. The molecular formula is C20H22OS2. The maximum absolute atomic E-state index is 5.80. The normalized spacial score (nSPS) is 17.3. The fourth-order valence-electron chi connectivity index (χ4n) is 2.55. The molecule has 1 saturated heterocycles. The first kappa shape index (κ1) is 16.5. The second-order valence-corrected chi connectivity index (χ2v) is 8.93. The molecule has 1 fully saturated rings. The van der Waals surface area contributed by atoms with Crippen LogP contribution in [0.3, 0.4) is 0 Å². The van der Waals surface area contributed by atoms with Crippen molar-refractivity contribution >= 4 is 29.6 Å². The highest BCUT2D eigenvalue weighted by atomic mass is 32.2. The molecule has 0 bridgehead atoms. The van der Waals surface area contributed by atoms with Crippen molar-refractivity contribution in [3.63, 3.8) is 0 Å². The molecule has 3 heteroatoms. The van der Waals surface area contributed by atoms with E-state index >= 15 is 0 Å². The Balaban J connectivity index is 1.54. The average molecular weight is 343 g/mol. The van der Waals surface area contributed by atoms with Gasteiger partial charge in [-0.2, -0.15) is 0 Å². The zero-order chi connectivity index (χ0) is 16.0. The third kappa shape index (κ3) is 4.58. The lowest BCUT2D eigenvalue weighted by Crippen LogP contribution is -2.18. The molecule has 1 nitrogen and oxygen atoms in total. The van der Waals surface area contributed by atoms with Crippen molar-refractivity contribution in [3.05, 3.63) is 71.8 Å². The highest BCUT2D eigenvalue weighted by Gasteiger charge is 2.30.